The number of hydrogen-bond donors (Lipinski definition) is 0. The molecular weight excluding hydrogens is 406 g/mol. The monoisotopic (exact) mass is 429 g/mol. The average molecular weight is 430 g/mol. The molecule has 1 amide bonds. The highest BCUT2D eigenvalue weighted by Crippen LogP contribution is 2.24. The predicted octanol–water partition coefficient (Wildman–Crippen LogP) is 4.92. The van der Waals surface area contributed by atoms with Crippen molar-refractivity contribution in [3.05, 3.63) is 95.3 Å². The van der Waals surface area contributed by atoms with Gasteiger partial charge in [0.2, 0.25) is 5.91 Å². The Labute approximate surface area is 185 Å². The first-order valence-electron chi connectivity index (χ1n) is 10.1. The predicted molar refractivity (Wildman–Crippen MR) is 127 cm³/mol. The van der Waals surface area contributed by atoms with Gasteiger partial charge in [0.1, 0.15) is 0 Å². The molecule has 0 fully saturated rings. The highest BCUT2D eigenvalue weighted by molar-refractivity contribution is 7.99. The fourth-order valence-electron chi connectivity index (χ4n) is 3.53. The van der Waals surface area contributed by atoms with Crippen LogP contribution in [0.25, 0.3) is 16.6 Å². The lowest BCUT2D eigenvalue weighted by molar-refractivity contribution is -0.116. The number of anilines is 1. The summed E-state index contributed by atoms with van der Waals surface area (Å²) in [6.07, 6.45) is 0. The Morgan fingerprint density at radius 3 is 2.23 bits per heavy atom. The maximum Gasteiger partial charge on any atom is 0.266 e. The van der Waals surface area contributed by atoms with Gasteiger partial charge < -0.3 is 4.90 Å². The molecule has 0 saturated carbocycles. The number of carbonyl (C=O) groups is 1. The molecule has 3 aromatic carbocycles. The van der Waals surface area contributed by atoms with Crippen molar-refractivity contribution in [3.63, 3.8) is 0 Å². The third kappa shape index (κ3) is 4.39. The standard InChI is InChI=1S/C25H23N3O2S/c1-18(2)27(19-11-5-3-6-12-19)23(29)17-31-25-26-22-16-10-9-15-21(22)24(30)28(25)20-13-7-4-8-14-20/h3-16,18H,17H2,1-2H3. The van der Waals surface area contributed by atoms with Crippen molar-refractivity contribution < 1.29 is 4.79 Å². The van der Waals surface area contributed by atoms with Crippen molar-refractivity contribution in [3.8, 4) is 5.69 Å². The van der Waals surface area contributed by atoms with E-state index in [2.05, 4.69) is 0 Å². The van der Waals surface area contributed by atoms with Gasteiger partial charge >= 0.3 is 0 Å². The minimum atomic E-state index is -0.143. The second-order valence-electron chi connectivity index (χ2n) is 7.37. The molecule has 4 aromatic rings. The molecular formula is C25H23N3O2S. The second-order valence-corrected chi connectivity index (χ2v) is 8.31. The third-order valence-electron chi connectivity index (χ3n) is 4.90. The Bertz CT molecular complexity index is 1250. The van der Waals surface area contributed by atoms with Crippen molar-refractivity contribution in [2.75, 3.05) is 10.7 Å². The SMILES string of the molecule is CC(C)N(C(=O)CSc1nc2ccccc2c(=O)n1-c1ccccc1)c1ccccc1. The van der Waals surface area contributed by atoms with Crippen LogP contribution in [0.5, 0.6) is 0 Å². The minimum Gasteiger partial charge on any atom is -0.309 e. The summed E-state index contributed by atoms with van der Waals surface area (Å²) in [6.45, 7) is 3.98. The molecule has 0 N–H and O–H groups in total. The molecule has 5 nitrogen and oxygen atoms in total. The number of hydrogen-bond acceptors (Lipinski definition) is 4. The van der Waals surface area contributed by atoms with Gasteiger partial charge in [-0.15, -0.1) is 0 Å². The number of amides is 1. The van der Waals surface area contributed by atoms with Gasteiger partial charge in [-0.05, 0) is 50.2 Å². The molecule has 0 aliphatic heterocycles. The van der Waals surface area contributed by atoms with Crippen molar-refractivity contribution in [2.24, 2.45) is 0 Å². The van der Waals surface area contributed by atoms with Gasteiger partial charge in [0.15, 0.2) is 5.16 Å². The molecule has 0 radical (unpaired) electrons. The summed E-state index contributed by atoms with van der Waals surface area (Å²) in [7, 11) is 0. The lowest BCUT2D eigenvalue weighted by atomic mass is 10.2. The Morgan fingerprint density at radius 2 is 1.55 bits per heavy atom. The van der Waals surface area contributed by atoms with E-state index in [0.717, 1.165) is 11.4 Å². The van der Waals surface area contributed by atoms with Crippen LogP contribution in [0.3, 0.4) is 0 Å². The van der Waals surface area contributed by atoms with Crippen LogP contribution in [-0.4, -0.2) is 27.3 Å². The molecule has 4 rings (SSSR count). The highest BCUT2D eigenvalue weighted by atomic mass is 32.2. The molecule has 0 aliphatic carbocycles. The molecule has 0 bridgehead atoms. The maximum absolute atomic E-state index is 13.3. The summed E-state index contributed by atoms with van der Waals surface area (Å²) >= 11 is 1.28. The fourth-order valence-corrected chi connectivity index (χ4v) is 4.40. The zero-order valence-electron chi connectivity index (χ0n) is 17.4. The van der Waals surface area contributed by atoms with Crippen molar-refractivity contribution in [1.29, 1.82) is 0 Å². The van der Waals surface area contributed by atoms with Crippen molar-refractivity contribution in [1.82, 2.24) is 9.55 Å². The zero-order chi connectivity index (χ0) is 21.8. The van der Waals surface area contributed by atoms with Crippen LogP contribution in [0.15, 0.2) is 94.9 Å². The third-order valence-corrected chi connectivity index (χ3v) is 5.83. The summed E-state index contributed by atoms with van der Waals surface area (Å²) in [5.41, 5.74) is 2.06. The number of carbonyl (C=O) groups excluding carboxylic acids is 1. The number of fused-ring (bicyclic) bond motifs is 1. The van der Waals surface area contributed by atoms with Gasteiger partial charge in [0.05, 0.1) is 22.3 Å². The number of benzene rings is 3. The Kier molecular flexibility index (Phi) is 6.18. The van der Waals surface area contributed by atoms with Gasteiger partial charge in [-0.3, -0.25) is 14.2 Å². The second kappa shape index (κ2) is 9.18. The number of para-hydroxylation sites is 3. The summed E-state index contributed by atoms with van der Waals surface area (Å²) in [6, 6.07) is 26.3. The number of thioether (sulfide) groups is 1. The summed E-state index contributed by atoms with van der Waals surface area (Å²) < 4.78 is 1.59. The lowest BCUT2D eigenvalue weighted by Crippen LogP contribution is -2.38. The van der Waals surface area contributed by atoms with Crippen LogP contribution in [0.1, 0.15) is 13.8 Å². The molecule has 0 spiro atoms. The van der Waals surface area contributed by atoms with Gasteiger partial charge in [-0.1, -0.05) is 60.3 Å². The van der Waals surface area contributed by atoms with E-state index in [1.165, 1.54) is 11.8 Å². The maximum atomic E-state index is 13.3. The van der Waals surface area contributed by atoms with Crippen molar-refractivity contribution in [2.45, 2.75) is 25.0 Å². The van der Waals surface area contributed by atoms with Crippen molar-refractivity contribution >= 4 is 34.3 Å². The normalized spacial score (nSPS) is 11.1. The summed E-state index contributed by atoms with van der Waals surface area (Å²) in [5.74, 6) is 0.137. The van der Waals surface area contributed by atoms with E-state index in [-0.39, 0.29) is 23.3 Å². The average Bonchev–Trinajstić information content (AvgIpc) is 2.79. The molecule has 156 valence electrons. The van der Waals surface area contributed by atoms with Gasteiger partial charge in [-0.2, -0.15) is 0 Å². The Balaban J connectivity index is 1.71. The minimum absolute atomic E-state index is 0.0105. The molecule has 0 aliphatic rings. The molecule has 6 heteroatoms. The van der Waals surface area contributed by atoms with E-state index < -0.39 is 0 Å². The molecule has 0 atom stereocenters. The highest BCUT2D eigenvalue weighted by Gasteiger charge is 2.21. The smallest absolute Gasteiger partial charge is 0.266 e. The van der Waals surface area contributed by atoms with E-state index in [0.29, 0.717) is 16.1 Å². The van der Waals surface area contributed by atoms with E-state index >= 15 is 0 Å². The van der Waals surface area contributed by atoms with Gasteiger partial charge in [0.25, 0.3) is 5.56 Å². The van der Waals surface area contributed by atoms with Crippen LogP contribution in [0.2, 0.25) is 0 Å². The summed E-state index contributed by atoms with van der Waals surface area (Å²) in [4.78, 5) is 32.9. The van der Waals surface area contributed by atoms with Crippen LogP contribution in [0, 0.1) is 0 Å². The van der Waals surface area contributed by atoms with E-state index in [1.54, 1.807) is 15.5 Å². The van der Waals surface area contributed by atoms with Gasteiger partial charge in [-0.25, -0.2) is 4.98 Å². The van der Waals surface area contributed by atoms with Crippen LogP contribution >= 0.6 is 11.8 Å². The number of rotatable bonds is 6. The fraction of sp³-hybridized carbons (Fsp3) is 0.160. The molecule has 1 heterocycles. The molecule has 0 unspecified atom stereocenters. The van der Waals surface area contributed by atoms with Crippen LogP contribution in [0.4, 0.5) is 5.69 Å². The summed E-state index contributed by atoms with van der Waals surface area (Å²) in [5, 5.41) is 1.05. The first-order chi connectivity index (χ1) is 15.1. The first kappa shape index (κ1) is 20.9. The number of nitrogens with zero attached hydrogens (tertiary/aromatic N) is 3. The van der Waals surface area contributed by atoms with Crippen LogP contribution < -0.4 is 10.5 Å². The van der Waals surface area contributed by atoms with E-state index in [4.69, 9.17) is 4.98 Å². The molecule has 1 aromatic heterocycles. The molecule has 31 heavy (non-hydrogen) atoms. The topological polar surface area (TPSA) is 55.2 Å². The molecule has 0 saturated heterocycles. The largest absolute Gasteiger partial charge is 0.309 e. The van der Waals surface area contributed by atoms with E-state index in [1.807, 2.05) is 92.7 Å². The van der Waals surface area contributed by atoms with Gasteiger partial charge in [0, 0.05) is 11.7 Å². The first-order valence-corrected chi connectivity index (χ1v) is 11.1. The quantitative estimate of drug-likeness (QED) is 0.322. The lowest BCUT2D eigenvalue weighted by Gasteiger charge is -2.27. The Hall–Kier alpha value is -3.38. The zero-order valence-corrected chi connectivity index (χ0v) is 18.3. The van der Waals surface area contributed by atoms with Crippen LogP contribution in [-0.2, 0) is 4.79 Å². The Morgan fingerprint density at radius 1 is 0.935 bits per heavy atom. The van der Waals surface area contributed by atoms with E-state index in [9.17, 15) is 9.59 Å². The number of aromatic nitrogens is 2.